The minimum absolute atomic E-state index is 0.203. The van der Waals surface area contributed by atoms with Crippen molar-refractivity contribution in [3.63, 3.8) is 0 Å². The van der Waals surface area contributed by atoms with E-state index in [0.29, 0.717) is 17.0 Å². The van der Waals surface area contributed by atoms with Crippen LogP contribution in [-0.4, -0.2) is 13.0 Å². The predicted molar refractivity (Wildman–Crippen MR) is 83.7 cm³/mol. The lowest BCUT2D eigenvalue weighted by Crippen LogP contribution is -2.08. The number of benzene rings is 2. The second-order valence-electron chi connectivity index (χ2n) is 4.64. The lowest BCUT2D eigenvalue weighted by Gasteiger charge is -2.08. The van der Waals surface area contributed by atoms with Crippen LogP contribution in [0.3, 0.4) is 0 Å². The van der Waals surface area contributed by atoms with Gasteiger partial charge >= 0.3 is 0 Å². The number of hydrogen-bond acceptors (Lipinski definition) is 3. The van der Waals surface area contributed by atoms with Gasteiger partial charge in [0.05, 0.1) is 12.8 Å². The molecule has 0 bridgehead atoms. The number of nitrogens with one attached hydrogen (secondary N) is 1. The minimum Gasteiger partial charge on any atom is -0.495 e. The summed E-state index contributed by atoms with van der Waals surface area (Å²) in [6.07, 6.45) is 3.14. The molecule has 0 unspecified atom stereocenters. The summed E-state index contributed by atoms with van der Waals surface area (Å²) >= 11 is 0. The fraction of sp³-hybridized carbons (Fsp3) is 0.118. The van der Waals surface area contributed by atoms with Crippen molar-refractivity contribution in [2.45, 2.75) is 6.92 Å². The van der Waals surface area contributed by atoms with Crippen molar-refractivity contribution >= 4 is 33.5 Å². The van der Waals surface area contributed by atoms with Gasteiger partial charge < -0.3 is 14.5 Å². The molecular formula is C17H15NO3. The first-order chi connectivity index (χ1) is 10.2. The number of fused-ring (bicyclic) bond motifs is 3. The van der Waals surface area contributed by atoms with Crippen molar-refractivity contribution in [3.8, 4) is 5.75 Å². The lowest BCUT2D eigenvalue weighted by molar-refractivity contribution is -0.111. The van der Waals surface area contributed by atoms with Crippen molar-refractivity contribution in [1.82, 2.24) is 0 Å². The highest BCUT2D eigenvalue weighted by molar-refractivity contribution is 6.08. The molecule has 0 fully saturated rings. The molecular weight excluding hydrogens is 266 g/mol. The summed E-state index contributed by atoms with van der Waals surface area (Å²) in [6, 6.07) is 11.5. The average Bonchev–Trinajstić information content (AvgIpc) is 2.84. The summed E-state index contributed by atoms with van der Waals surface area (Å²) in [7, 11) is 1.58. The first-order valence-electron chi connectivity index (χ1n) is 6.66. The maximum atomic E-state index is 11.7. The minimum atomic E-state index is -0.203. The van der Waals surface area contributed by atoms with E-state index < -0.39 is 0 Å². The van der Waals surface area contributed by atoms with E-state index in [1.807, 2.05) is 30.3 Å². The molecule has 0 radical (unpaired) electrons. The Morgan fingerprint density at radius 2 is 2.00 bits per heavy atom. The molecule has 4 heteroatoms. The number of allylic oxidation sites excluding steroid dienone is 1. The molecule has 21 heavy (non-hydrogen) atoms. The molecule has 4 nitrogen and oxygen atoms in total. The molecule has 0 atom stereocenters. The zero-order valence-corrected chi connectivity index (χ0v) is 11.8. The number of carbonyl (C=O) groups is 1. The predicted octanol–water partition coefficient (Wildman–Crippen LogP) is 4.11. The third kappa shape index (κ3) is 2.36. The molecule has 2 aromatic carbocycles. The zero-order valence-electron chi connectivity index (χ0n) is 11.8. The standard InChI is InChI=1S/C17H15NO3/c1-3-6-17(19)18-13-10-15-12(9-16(13)20-2)11-7-4-5-8-14(11)21-15/h3-10H,1-2H3,(H,18,19)/b6-3+. The Morgan fingerprint density at radius 1 is 1.19 bits per heavy atom. The molecule has 0 spiro atoms. The Kier molecular flexibility index (Phi) is 3.36. The van der Waals surface area contributed by atoms with E-state index in [2.05, 4.69) is 5.32 Å². The van der Waals surface area contributed by atoms with Crippen molar-refractivity contribution in [2.24, 2.45) is 0 Å². The highest BCUT2D eigenvalue weighted by Gasteiger charge is 2.13. The van der Waals surface area contributed by atoms with Gasteiger partial charge in [0.1, 0.15) is 16.9 Å². The molecule has 3 aromatic rings. The third-order valence-corrected chi connectivity index (χ3v) is 3.27. The Balaban J connectivity index is 2.16. The van der Waals surface area contributed by atoms with E-state index in [4.69, 9.17) is 9.15 Å². The number of carbonyl (C=O) groups excluding carboxylic acids is 1. The topological polar surface area (TPSA) is 51.5 Å². The van der Waals surface area contributed by atoms with Gasteiger partial charge in [-0.05, 0) is 25.1 Å². The third-order valence-electron chi connectivity index (χ3n) is 3.27. The fourth-order valence-corrected chi connectivity index (χ4v) is 2.34. The molecule has 1 heterocycles. The SMILES string of the molecule is C/C=C/C(=O)Nc1cc2oc3ccccc3c2cc1OC. The maximum absolute atomic E-state index is 11.7. The van der Waals surface area contributed by atoms with Crippen LogP contribution in [0.1, 0.15) is 6.92 Å². The van der Waals surface area contributed by atoms with Crippen LogP contribution >= 0.6 is 0 Å². The fourth-order valence-electron chi connectivity index (χ4n) is 2.34. The van der Waals surface area contributed by atoms with E-state index in [1.54, 1.807) is 26.2 Å². The Bertz CT molecular complexity index is 846. The number of amides is 1. The second kappa shape index (κ2) is 5.32. The van der Waals surface area contributed by atoms with Crippen LogP contribution in [0.15, 0.2) is 53.0 Å². The molecule has 3 rings (SSSR count). The van der Waals surface area contributed by atoms with Crippen molar-refractivity contribution < 1.29 is 13.9 Å². The van der Waals surface area contributed by atoms with Gasteiger partial charge in [0.2, 0.25) is 5.91 Å². The molecule has 1 amide bonds. The number of furan rings is 1. The summed E-state index contributed by atoms with van der Waals surface area (Å²) < 4.78 is 11.2. The van der Waals surface area contributed by atoms with Crippen LogP contribution in [0.5, 0.6) is 5.75 Å². The van der Waals surface area contributed by atoms with Crippen LogP contribution in [0.4, 0.5) is 5.69 Å². The molecule has 106 valence electrons. The summed E-state index contributed by atoms with van der Waals surface area (Å²) in [5.41, 5.74) is 2.12. The van der Waals surface area contributed by atoms with Gasteiger partial charge in [0, 0.05) is 16.8 Å². The van der Waals surface area contributed by atoms with E-state index in [0.717, 1.165) is 16.4 Å². The Morgan fingerprint density at radius 3 is 2.76 bits per heavy atom. The highest BCUT2D eigenvalue weighted by Crippen LogP contribution is 2.36. The highest BCUT2D eigenvalue weighted by atomic mass is 16.5. The lowest BCUT2D eigenvalue weighted by atomic mass is 10.1. The van der Waals surface area contributed by atoms with Gasteiger partial charge in [-0.25, -0.2) is 0 Å². The average molecular weight is 281 g/mol. The van der Waals surface area contributed by atoms with Gasteiger partial charge in [0.25, 0.3) is 0 Å². The first-order valence-corrected chi connectivity index (χ1v) is 6.66. The maximum Gasteiger partial charge on any atom is 0.248 e. The van der Waals surface area contributed by atoms with E-state index in [9.17, 15) is 4.79 Å². The van der Waals surface area contributed by atoms with Gasteiger partial charge in [-0.15, -0.1) is 0 Å². The van der Waals surface area contributed by atoms with Gasteiger partial charge in [-0.2, -0.15) is 0 Å². The van der Waals surface area contributed by atoms with Crippen LogP contribution in [0.2, 0.25) is 0 Å². The zero-order chi connectivity index (χ0) is 14.8. The molecule has 0 saturated heterocycles. The number of rotatable bonds is 3. The number of methoxy groups -OCH3 is 1. The van der Waals surface area contributed by atoms with E-state index in [1.165, 1.54) is 6.08 Å². The number of ether oxygens (including phenoxy) is 1. The Hall–Kier alpha value is -2.75. The first kappa shape index (κ1) is 13.2. The van der Waals surface area contributed by atoms with Crippen LogP contribution in [0, 0.1) is 0 Å². The second-order valence-corrected chi connectivity index (χ2v) is 4.64. The van der Waals surface area contributed by atoms with Gasteiger partial charge in [-0.1, -0.05) is 24.3 Å². The molecule has 0 aliphatic heterocycles. The Labute approximate surface area is 122 Å². The molecule has 0 aliphatic rings. The summed E-state index contributed by atoms with van der Waals surface area (Å²) in [5.74, 6) is 0.401. The molecule has 1 N–H and O–H groups in total. The number of para-hydroxylation sites is 1. The van der Waals surface area contributed by atoms with Crippen molar-refractivity contribution in [2.75, 3.05) is 12.4 Å². The molecule has 0 saturated carbocycles. The summed E-state index contributed by atoms with van der Waals surface area (Å²) in [4.78, 5) is 11.7. The number of hydrogen-bond donors (Lipinski definition) is 1. The molecule has 0 aliphatic carbocycles. The summed E-state index contributed by atoms with van der Waals surface area (Å²) in [6.45, 7) is 1.79. The van der Waals surface area contributed by atoms with E-state index >= 15 is 0 Å². The number of anilines is 1. The van der Waals surface area contributed by atoms with Crippen molar-refractivity contribution in [1.29, 1.82) is 0 Å². The largest absolute Gasteiger partial charge is 0.495 e. The van der Waals surface area contributed by atoms with Gasteiger partial charge in [-0.3, -0.25) is 4.79 Å². The van der Waals surface area contributed by atoms with Crippen LogP contribution in [-0.2, 0) is 4.79 Å². The summed E-state index contributed by atoms with van der Waals surface area (Å²) in [5, 5.41) is 4.78. The molecule has 1 aromatic heterocycles. The normalized spacial score (nSPS) is 11.3. The van der Waals surface area contributed by atoms with Gasteiger partial charge in [0.15, 0.2) is 0 Å². The smallest absolute Gasteiger partial charge is 0.248 e. The van der Waals surface area contributed by atoms with Crippen LogP contribution in [0.25, 0.3) is 21.9 Å². The monoisotopic (exact) mass is 281 g/mol. The van der Waals surface area contributed by atoms with Crippen molar-refractivity contribution in [3.05, 3.63) is 48.6 Å². The quantitative estimate of drug-likeness (QED) is 0.735. The van der Waals surface area contributed by atoms with Crippen LogP contribution < -0.4 is 10.1 Å². The van der Waals surface area contributed by atoms with E-state index in [-0.39, 0.29) is 5.91 Å².